The lowest BCUT2D eigenvalue weighted by Crippen LogP contribution is -1.91. The number of nitrogens with one attached hydrogen (secondary N) is 1. The summed E-state index contributed by atoms with van der Waals surface area (Å²) >= 11 is 3.18. The molecule has 0 aliphatic carbocycles. The van der Waals surface area contributed by atoms with Gasteiger partial charge in [0.05, 0.1) is 0 Å². The summed E-state index contributed by atoms with van der Waals surface area (Å²) < 4.78 is 0.978. The van der Waals surface area contributed by atoms with Crippen molar-refractivity contribution in [3.63, 3.8) is 0 Å². The topological polar surface area (TPSA) is 37.8 Å². The van der Waals surface area contributed by atoms with Gasteiger partial charge in [0.2, 0.25) is 5.13 Å². The average molecular weight is 237 g/mol. The van der Waals surface area contributed by atoms with Gasteiger partial charge < -0.3 is 5.32 Å². The van der Waals surface area contributed by atoms with Crippen LogP contribution in [-0.4, -0.2) is 16.5 Å². The molecule has 0 spiro atoms. The van der Waals surface area contributed by atoms with Gasteiger partial charge in [0.25, 0.3) is 0 Å². The van der Waals surface area contributed by atoms with E-state index in [2.05, 4.69) is 28.5 Å². The first-order valence-corrected chi connectivity index (χ1v) is 6.54. The molecule has 0 saturated heterocycles. The SMILES string of the molecule is CSc1nnc(Nc2ccccc2C)s1. The summed E-state index contributed by atoms with van der Waals surface area (Å²) in [5.74, 6) is 0. The van der Waals surface area contributed by atoms with Crippen LogP contribution in [-0.2, 0) is 0 Å². The Morgan fingerprint density at radius 2 is 2.07 bits per heavy atom. The molecule has 2 rings (SSSR count). The van der Waals surface area contributed by atoms with E-state index in [1.165, 1.54) is 5.56 Å². The second kappa shape index (κ2) is 4.63. The van der Waals surface area contributed by atoms with Crippen molar-refractivity contribution in [1.82, 2.24) is 10.2 Å². The van der Waals surface area contributed by atoms with E-state index in [1.807, 2.05) is 24.5 Å². The van der Waals surface area contributed by atoms with Crippen molar-refractivity contribution in [1.29, 1.82) is 0 Å². The molecule has 2 aromatic rings. The minimum Gasteiger partial charge on any atom is -0.330 e. The van der Waals surface area contributed by atoms with Gasteiger partial charge in [-0.3, -0.25) is 0 Å². The summed E-state index contributed by atoms with van der Waals surface area (Å²) in [6.07, 6.45) is 2.00. The summed E-state index contributed by atoms with van der Waals surface area (Å²) in [7, 11) is 0. The number of hydrogen-bond donors (Lipinski definition) is 1. The minimum absolute atomic E-state index is 0.841. The molecule has 5 heteroatoms. The van der Waals surface area contributed by atoms with Crippen molar-refractivity contribution in [2.75, 3.05) is 11.6 Å². The van der Waals surface area contributed by atoms with Gasteiger partial charge in [0.15, 0.2) is 4.34 Å². The highest BCUT2D eigenvalue weighted by Crippen LogP contribution is 2.26. The van der Waals surface area contributed by atoms with Crippen LogP contribution in [0.1, 0.15) is 5.56 Å². The first-order valence-electron chi connectivity index (χ1n) is 4.50. The summed E-state index contributed by atoms with van der Waals surface area (Å²) in [4.78, 5) is 0. The molecule has 0 bridgehead atoms. The zero-order valence-corrected chi connectivity index (χ0v) is 10.2. The van der Waals surface area contributed by atoms with Crippen LogP contribution in [0, 0.1) is 6.92 Å². The number of aromatic nitrogens is 2. The van der Waals surface area contributed by atoms with Crippen molar-refractivity contribution in [2.45, 2.75) is 11.3 Å². The standard InChI is InChI=1S/C10H11N3S2/c1-7-5-3-4-6-8(7)11-9-12-13-10(14-2)15-9/h3-6H,1-2H3,(H,11,12). The van der Waals surface area contributed by atoms with Gasteiger partial charge in [-0.2, -0.15) is 0 Å². The van der Waals surface area contributed by atoms with Gasteiger partial charge in [-0.25, -0.2) is 0 Å². The Morgan fingerprint density at radius 1 is 1.27 bits per heavy atom. The van der Waals surface area contributed by atoms with Crippen LogP contribution in [0.3, 0.4) is 0 Å². The van der Waals surface area contributed by atoms with Crippen LogP contribution in [0.15, 0.2) is 28.6 Å². The molecule has 0 unspecified atom stereocenters. The molecule has 3 nitrogen and oxygen atoms in total. The smallest absolute Gasteiger partial charge is 0.210 e. The van der Waals surface area contributed by atoms with Gasteiger partial charge >= 0.3 is 0 Å². The fourth-order valence-corrected chi connectivity index (χ4v) is 2.35. The van der Waals surface area contributed by atoms with Crippen LogP contribution >= 0.6 is 23.1 Å². The number of thioether (sulfide) groups is 1. The molecule has 1 heterocycles. The zero-order valence-electron chi connectivity index (χ0n) is 8.52. The lowest BCUT2D eigenvalue weighted by molar-refractivity contribution is 1.02. The molecule has 0 atom stereocenters. The van der Waals surface area contributed by atoms with E-state index in [4.69, 9.17) is 0 Å². The highest BCUT2D eigenvalue weighted by Gasteiger charge is 2.03. The quantitative estimate of drug-likeness (QED) is 0.831. The Morgan fingerprint density at radius 3 is 2.73 bits per heavy atom. The molecule has 0 aliphatic heterocycles. The molecular formula is C10H11N3S2. The van der Waals surface area contributed by atoms with Crippen LogP contribution in [0.5, 0.6) is 0 Å². The molecule has 0 radical (unpaired) electrons. The van der Waals surface area contributed by atoms with Crippen LogP contribution < -0.4 is 5.32 Å². The lowest BCUT2D eigenvalue weighted by Gasteiger charge is -2.04. The van der Waals surface area contributed by atoms with Crippen LogP contribution in [0.4, 0.5) is 10.8 Å². The van der Waals surface area contributed by atoms with E-state index in [9.17, 15) is 0 Å². The van der Waals surface area contributed by atoms with E-state index < -0.39 is 0 Å². The van der Waals surface area contributed by atoms with Gasteiger partial charge in [0.1, 0.15) is 0 Å². The summed E-state index contributed by atoms with van der Waals surface area (Å²) in [5.41, 5.74) is 2.29. The van der Waals surface area contributed by atoms with E-state index in [-0.39, 0.29) is 0 Å². The number of hydrogen-bond acceptors (Lipinski definition) is 5. The van der Waals surface area contributed by atoms with E-state index in [1.54, 1.807) is 23.1 Å². The number of rotatable bonds is 3. The Labute approximate surface area is 96.9 Å². The number of benzene rings is 1. The van der Waals surface area contributed by atoms with Gasteiger partial charge in [-0.05, 0) is 24.8 Å². The number of aryl methyl sites for hydroxylation is 1. The largest absolute Gasteiger partial charge is 0.330 e. The second-order valence-electron chi connectivity index (χ2n) is 3.02. The third-order valence-electron chi connectivity index (χ3n) is 1.97. The van der Waals surface area contributed by atoms with E-state index >= 15 is 0 Å². The highest BCUT2D eigenvalue weighted by atomic mass is 32.2. The van der Waals surface area contributed by atoms with Gasteiger partial charge in [-0.1, -0.05) is 41.3 Å². The predicted octanol–water partition coefficient (Wildman–Crippen LogP) is 3.31. The monoisotopic (exact) mass is 237 g/mol. The van der Waals surface area contributed by atoms with E-state index in [0.29, 0.717) is 0 Å². The molecule has 0 amide bonds. The van der Waals surface area contributed by atoms with E-state index in [0.717, 1.165) is 15.2 Å². The predicted molar refractivity (Wildman–Crippen MR) is 66.2 cm³/mol. The van der Waals surface area contributed by atoms with Crippen molar-refractivity contribution < 1.29 is 0 Å². The molecule has 1 aromatic carbocycles. The molecule has 78 valence electrons. The first-order chi connectivity index (χ1) is 7.29. The maximum Gasteiger partial charge on any atom is 0.210 e. The maximum absolute atomic E-state index is 4.06. The summed E-state index contributed by atoms with van der Waals surface area (Å²) in [5, 5.41) is 12.2. The molecule has 0 fully saturated rings. The summed E-state index contributed by atoms with van der Waals surface area (Å²) in [6.45, 7) is 2.07. The van der Waals surface area contributed by atoms with Crippen molar-refractivity contribution >= 4 is 33.9 Å². The Hall–Kier alpha value is -1.07. The van der Waals surface area contributed by atoms with Gasteiger partial charge in [0, 0.05) is 5.69 Å². The Balaban J connectivity index is 2.18. The number of para-hydroxylation sites is 1. The van der Waals surface area contributed by atoms with Crippen molar-refractivity contribution in [3.8, 4) is 0 Å². The lowest BCUT2D eigenvalue weighted by atomic mass is 10.2. The third kappa shape index (κ3) is 2.49. The molecule has 1 aromatic heterocycles. The van der Waals surface area contributed by atoms with Crippen LogP contribution in [0.25, 0.3) is 0 Å². The normalized spacial score (nSPS) is 10.3. The maximum atomic E-state index is 4.06. The highest BCUT2D eigenvalue weighted by molar-refractivity contribution is 8.00. The summed E-state index contributed by atoms with van der Waals surface area (Å²) in [6, 6.07) is 8.13. The number of nitrogens with zero attached hydrogens (tertiary/aromatic N) is 2. The zero-order chi connectivity index (χ0) is 10.7. The second-order valence-corrected chi connectivity index (χ2v) is 5.05. The van der Waals surface area contributed by atoms with Crippen LogP contribution in [0.2, 0.25) is 0 Å². The average Bonchev–Trinajstić information content (AvgIpc) is 2.69. The molecule has 15 heavy (non-hydrogen) atoms. The Bertz CT molecular complexity index is 453. The Kier molecular flexibility index (Phi) is 3.23. The molecule has 0 aliphatic rings. The third-order valence-corrected chi connectivity index (χ3v) is 3.78. The van der Waals surface area contributed by atoms with Crippen molar-refractivity contribution in [2.24, 2.45) is 0 Å². The minimum atomic E-state index is 0.841. The van der Waals surface area contributed by atoms with Crippen molar-refractivity contribution in [3.05, 3.63) is 29.8 Å². The molecule has 1 N–H and O–H groups in total. The fraction of sp³-hybridized carbons (Fsp3) is 0.200. The van der Waals surface area contributed by atoms with Gasteiger partial charge in [-0.15, -0.1) is 10.2 Å². The molecule has 0 saturated carbocycles. The first kappa shape index (κ1) is 10.4. The molecular weight excluding hydrogens is 226 g/mol. The number of anilines is 2. The fourth-order valence-electron chi connectivity index (χ4n) is 1.17.